The third-order valence-electron chi connectivity index (χ3n) is 3.17. The maximum absolute atomic E-state index is 11.5. The Bertz CT molecular complexity index is 421. The van der Waals surface area contributed by atoms with Gasteiger partial charge in [-0.3, -0.25) is 4.79 Å². The van der Waals surface area contributed by atoms with Crippen molar-refractivity contribution >= 4 is 17.9 Å². The van der Waals surface area contributed by atoms with E-state index in [0.29, 0.717) is 4.51 Å². The summed E-state index contributed by atoms with van der Waals surface area (Å²) in [5.41, 5.74) is 1.83. The Morgan fingerprint density at radius 3 is 2.59 bits per heavy atom. The fourth-order valence-corrected chi connectivity index (χ4v) is 2.19. The summed E-state index contributed by atoms with van der Waals surface area (Å²) in [5.74, 6) is 0. The summed E-state index contributed by atoms with van der Waals surface area (Å²) in [4.78, 5) is 13.8. The molecule has 1 aromatic carbocycles. The Labute approximate surface area is 109 Å². The summed E-state index contributed by atoms with van der Waals surface area (Å²) in [7, 11) is 2.12. The largest absolute Gasteiger partial charge is 0.382 e. The van der Waals surface area contributed by atoms with Crippen molar-refractivity contribution in [2.75, 3.05) is 32.0 Å². The van der Waals surface area contributed by atoms with Gasteiger partial charge in [0.15, 0.2) is 0 Å². The molecular weight excluding hydrogens is 232 g/mol. The molecular formula is C13H22N2OS. The van der Waals surface area contributed by atoms with Crippen LogP contribution in [-0.2, 0) is 6.42 Å². The maximum atomic E-state index is 11.5. The second-order valence-electron chi connectivity index (χ2n) is 4.40. The van der Waals surface area contributed by atoms with Crippen LogP contribution in [0.4, 0.5) is 5.69 Å². The van der Waals surface area contributed by atoms with Crippen LogP contribution in [0.15, 0.2) is 4.79 Å². The molecule has 3 nitrogen and oxygen atoms in total. The molecule has 0 atom stereocenters. The fourth-order valence-electron chi connectivity index (χ4n) is 1.84. The zero-order chi connectivity index (χ0) is 12.8. The van der Waals surface area contributed by atoms with Crippen molar-refractivity contribution in [1.82, 2.24) is 4.90 Å². The van der Waals surface area contributed by atoms with Crippen LogP contribution in [0.2, 0.25) is 0 Å². The number of anilines is 1. The molecule has 0 aromatic heterocycles. The van der Waals surface area contributed by atoms with Crippen LogP contribution in [-0.4, -0.2) is 31.6 Å². The third kappa shape index (κ3) is 3.61. The van der Waals surface area contributed by atoms with Crippen LogP contribution in [0.1, 0.15) is 32.3 Å². The predicted molar refractivity (Wildman–Crippen MR) is 76.2 cm³/mol. The molecule has 0 aliphatic heterocycles. The molecule has 4 heteroatoms. The summed E-state index contributed by atoms with van der Waals surface area (Å²) in [6.45, 7) is 7.26. The molecule has 0 saturated carbocycles. The first-order chi connectivity index (χ1) is 8.11. The minimum atomic E-state index is 0.0301. The number of hydrogen-bond acceptors (Lipinski definition) is 4. The van der Waals surface area contributed by atoms with Crippen LogP contribution in [0, 0.1) is 4.51 Å². The Hall–Kier alpha value is -0.740. The average Bonchev–Trinajstić information content (AvgIpc) is 2.35. The van der Waals surface area contributed by atoms with Crippen molar-refractivity contribution in [1.29, 1.82) is 0 Å². The van der Waals surface area contributed by atoms with E-state index in [1.165, 1.54) is 0 Å². The van der Waals surface area contributed by atoms with E-state index in [0.717, 1.165) is 50.1 Å². The van der Waals surface area contributed by atoms with Gasteiger partial charge in [0, 0.05) is 12.1 Å². The number of unbranched alkanes of at least 4 members (excludes halogenated alkanes) is 1. The van der Waals surface area contributed by atoms with Crippen molar-refractivity contribution in [2.24, 2.45) is 0 Å². The molecule has 0 fully saturated rings. The topological polar surface area (TPSA) is 32.3 Å². The SMILES string of the molecule is CCc1c(NCCCCN(C)CC)c(=O)c1=S. The molecule has 1 aromatic rings. The lowest BCUT2D eigenvalue weighted by molar-refractivity contribution is 0.345. The Kier molecular flexibility index (Phi) is 5.78. The second-order valence-corrected chi connectivity index (χ2v) is 4.80. The summed E-state index contributed by atoms with van der Waals surface area (Å²) >= 11 is 5.00. The molecule has 0 aliphatic carbocycles. The number of nitrogens with zero attached hydrogens (tertiary/aromatic N) is 1. The lowest BCUT2D eigenvalue weighted by atomic mass is 10.1. The van der Waals surface area contributed by atoms with Crippen molar-refractivity contribution in [2.45, 2.75) is 33.1 Å². The minimum Gasteiger partial charge on any atom is -0.382 e. The third-order valence-corrected chi connectivity index (χ3v) is 3.60. The number of hydrogen-bond donors (Lipinski definition) is 1. The first-order valence-electron chi connectivity index (χ1n) is 6.36. The fraction of sp³-hybridized carbons (Fsp3) is 0.692. The van der Waals surface area contributed by atoms with Gasteiger partial charge in [-0.15, -0.1) is 0 Å². The van der Waals surface area contributed by atoms with Gasteiger partial charge >= 0.3 is 0 Å². The molecule has 96 valence electrons. The highest BCUT2D eigenvalue weighted by Crippen LogP contribution is 2.16. The van der Waals surface area contributed by atoms with Gasteiger partial charge in [-0.2, -0.15) is 0 Å². The molecule has 0 heterocycles. The van der Waals surface area contributed by atoms with E-state index in [4.69, 9.17) is 12.2 Å². The zero-order valence-electron chi connectivity index (χ0n) is 11.0. The molecule has 17 heavy (non-hydrogen) atoms. The molecule has 0 amide bonds. The first kappa shape index (κ1) is 14.3. The monoisotopic (exact) mass is 254 g/mol. The first-order valence-corrected chi connectivity index (χ1v) is 6.77. The number of rotatable bonds is 8. The van der Waals surface area contributed by atoms with Gasteiger partial charge in [0.25, 0.3) is 0 Å². The highest BCUT2D eigenvalue weighted by molar-refractivity contribution is 7.71. The van der Waals surface area contributed by atoms with Gasteiger partial charge in [-0.25, -0.2) is 0 Å². The van der Waals surface area contributed by atoms with Crippen molar-refractivity contribution in [3.05, 3.63) is 20.3 Å². The van der Waals surface area contributed by atoms with E-state index < -0.39 is 0 Å². The van der Waals surface area contributed by atoms with Crippen molar-refractivity contribution in [3.8, 4) is 0 Å². The van der Waals surface area contributed by atoms with E-state index in [1.807, 2.05) is 6.92 Å². The van der Waals surface area contributed by atoms with Gasteiger partial charge in [0.05, 0.1) is 10.2 Å². The van der Waals surface area contributed by atoms with Crippen LogP contribution in [0.25, 0.3) is 0 Å². The van der Waals surface area contributed by atoms with Crippen LogP contribution in [0.5, 0.6) is 0 Å². The van der Waals surface area contributed by atoms with Gasteiger partial charge in [-0.05, 0) is 39.4 Å². The molecule has 0 unspecified atom stereocenters. The molecule has 0 radical (unpaired) electrons. The number of nitrogens with one attached hydrogen (secondary N) is 1. The minimum absolute atomic E-state index is 0.0301. The van der Waals surface area contributed by atoms with Crippen LogP contribution < -0.4 is 10.7 Å². The Morgan fingerprint density at radius 1 is 1.29 bits per heavy atom. The van der Waals surface area contributed by atoms with E-state index in [-0.39, 0.29) is 5.43 Å². The Balaban J connectivity index is 2.25. The van der Waals surface area contributed by atoms with Gasteiger partial charge < -0.3 is 10.2 Å². The normalized spacial score (nSPS) is 11.3. The Morgan fingerprint density at radius 2 is 2.00 bits per heavy atom. The highest BCUT2D eigenvalue weighted by atomic mass is 32.1. The molecule has 0 spiro atoms. The van der Waals surface area contributed by atoms with Crippen molar-refractivity contribution < 1.29 is 0 Å². The summed E-state index contributed by atoms with van der Waals surface area (Å²) in [6.07, 6.45) is 3.10. The van der Waals surface area contributed by atoms with Gasteiger partial charge in [-0.1, -0.05) is 26.1 Å². The predicted octanol–water partition coefficient (Wildman–Crippen LogP) is 2.36. The van der Waals surface area contributed by atoms with Gasteiger partial charge in [0.2, 0.25) is 5.43 Å². The van der Waals surface area contributed by atoms with Crippen LogP contribution >= 0.6 is 12.2 Å². The van der Waals surface area contributed by atoms with Crippen LogP contribution in [0.3, 0.4) is 0 Å². The molecule has 0 bridgehead atoms. The second kappa shape index (κ2) is 6.87. The van der Waals surface area contributed by atoms with E-state index >= 15 is 0 Å². The maximum Gasteiger partial charge on any atom is 0.220 e. The summed E-state index contributed by atoms with van der Waals surface area (Å²) in [6, 6.07) is 0. The molecule has 0 aliphatic rings. The van der Waals surface area contributed by atoms with E-state index in [1.54, 1.807) is 0 Å². The highest BCUT2D eigenvalue weighted by Gasteiger charge is 2.14. The summed E-state index contributed by atoms with van der Waals surface area (Å²) in [5, 5.41) is 3.22. The molecule has 0 saturated heterocycles. The summed E-state index contributed by atoms with van der Waals surface area (Å²) < 4.78 is 0.528. The lowest BCUT2D eigenvalue weighted by Gasteiger charge is -2.15. The molecule has 1 rings (SSSR count). The smallest absolute Gasteiger partial charge is 0.220 e. The van der Waals surface area contributed by atoms with E-state index in [2.05, 4.69) is 24.2 Å². The van der Waals surface area contributed by atoms with Gasteiger partial charge in [0.1, 0.15) is 0 Å². The van der Waals surface area contributed by atoms with Crippen molar-refractivity contribution in [3.63, 3.8) is 0 Å². The quantitative estimate of drug-likeness (QED) is 0.570. The molecule has 1 N–H and O–H groups in total. The standard InChI is InChI=1S/C13H22N2OS/c1-4-10-11(12(16)13(10)17)14-8-6-7-9-15(3)5-2/h14H,4-9H2,1-3H3. The van der Waals surface area contributed by atoms with E-state index in [9.17, 15) is 4.79 Å². The zero-order valence-corrected chi connectivity index (χ0v) is 11.8. The lowest BCUT2D eigenvalue weighted by Crippen LogP contribution is -2.23. The average molecular weight is 254 g/mol.